The van der Waals surface area contributed by atoms with E-state index in [1.54, 1.807) is 7.11 Å². The van der Waals surface area contributed by atoms with Crippen LogP contribution in [0.2, 0.25) is 0 Å². The van der Waals surface area contributed by atoms with Crippen LogP contribution in [0.1, 0.15) is 40.5 Å². The average molecular weight is 187 g/mol. The predicted molar refractivity (Wildman–Crippen MR) is 58.0 cm³/mol. The van der Waals surface area contributed by atoms with Gasteiger partial charge in [0.25, 0.3) is 0 Å². The summed E-state index contributed by atoms with van der Waals surface area (Å²) in [6, 6.07) is 0. The van der Waals surface area contributed by atoms with Gasteiger partial charge in [-0.1, -0.05) is 13.8 Å². The van der Waals surface area contributed by atoms with Crippen molar-refractivity contribution in [2.75, 3.05) is 20.2 Å². The third kappa shape index (κ3) is 8.26. The van der Waals surface area contributed by atoms with E-state index >= 15 is 0 Å². The van der Waals surface area contributed by atoms with Gasteiger partial charge in [-0.05, 0) is 39.2 Å². The summed E-state index contributed by atoms with van der Waals surface area (Å²) in [5, 5.41) is 3.41. The van der Waals surface area contributed by atoms with E-state index < -0.39 is 0 Å². The highest BCUT2D eigenvalue weighted by Crippen LogP contribution is 2.05. The number of nitrogens with one attached hydrogen (secondary N) is 1. The maximum absolute atomic E-state index is 5.30. The largest absolute Gasteiger partial charge is 0.377 e. The molecule has 0 aromatic carbocycles. The summed E-state index contributed by atoms with van der Waals surface area (Å²) in [5.41, 5.74) is -0.0299. The molecule has 1 N–H and O–H groups in total. The van der Waals surface area contributed by atoms with Crippen molar-refractivity contribution in [3.05, 3.63) is 0 Å². The molecule has 0 amide bonds. The van der Waals surface area contributed by atoms with E-state index in [0.29, 0.717) is 0 Å². The summed E-state index contributed by atoms with van der Waals surface area (Å²) in [6.07, 6.45) is 2.57. The Hall–Kier alpha value is -0.0800. The predicted octanol–water partition coefficient (Wildman–Crippen LogP) is 2.44. The van der Waals surface area contributed by atoms with Crippen LogP contribution in [0.15, 0.2) is 0 Å². The fraction of sp³-hybridized carbons (Fsp3) is 1.00. The molecule has 0 spiro atoms. The lowest BCUT2D eigenvalue weighted by molar-refractivity contribution is 0.0234. The first-order valence-corrected chi connectivity index (χ1v) is 5.24. The van der Waals surface area contributed by atoms with Gasteiger partial charge in [-0.3, -0.25) is 0 Å². The quantitative estimate of drug-likeness (QED) is 0.618. The van der Waals surface area contributed by atoms with Crippen LogP contribution in [-0.2, 0) is 4.74 Å². The Morgan fingerprint density at radius 1 is 1.31 bits per heavy atom. The Balaban J connectivity index is 3.26. The van der Waals surface area contributed by atoms with E-state index in [-0.39, 0.29) is 5.60 Å². The van der Waals surface area contributed by atoms with Crippen molar-refractivity contribution in [1.29, 1.82) is 0 Å². The molecule has 2 heteroatoms. The standard InChI is InChI=1S/C11H25NO/c1-10(2)7-6-8-12-9-11(3,4)13-5/h10,12H,6-9H2,1-5H3. The minimum Gasteiger partial charge on any atom is -0.377 e. The van der Waals surface area contributed by atoms with Crippen molar-refractivity contribution in [2.24, 2.45) is 5.92 Å². The van der Waals surface area contributed by atoms with Crippen LogP contribution in [0.3, 0.4) is 0 Å². The molecular formula is C11H25NO. The molecule has 0 rings (SSSR count). The zero-order valence-electron chi connectivity index (χ0n) is 9.81. The molecule has 0 aromatic heterocycles. The lowest BCUT2D eigenvalue weighted by Crippen LogP contribution is -2.37. The molecule has 0 fully saturated rings. The van der Waals surface area contributed by atoms with Crippen LogP contribution in [0.25, 0.3) is 0 Å². The maximum Gasteiger partial charge on any atom is 0.0746 e. The van der Waals surface area contributed by atoms with Gasteiger partial charge in [-0.25, -0.2) is 0 Å². The van der Waals surface area contributed by atoms with Crippen molar-refractivity contribution in [3.63, 3.8) is 0 Å². The van der Waals surface area contributed by atoms with Gasteiger partial charge in [0.05, 0.1) is 5.60 Å². The second-order valence-corrected chi connectivity index (χ2v) is 4.68. The molecule has 0 saturated carbocycles. The van der Waals surface area contributed by atoms with E-state index in [2.05, 4.69) is 33.0 Å². The SMILES string of the molecule is COC(C)(C)CNCCCC(C)C. The van der Waals surface area contributed by atoms with E-state index in [1.807, 2.05) is 0 Å². The van der Waals surface area contributed by atoms with Crippen LogP contribution in [-0.4, -0.2) is 25.8 Å². The molecule has 0 atom stereocenters. The number of hydrogen-bond donors (Lipinski definition) is 1. The number of ether oxygens (including phenoxy) is 1. The van der Waals surface area contributed by atoms with Crippen LogP contribution in [0.4, 0.5) is 0 Å². The normalized spacial score (nSPS) is 12.5. The van der Waals surface area contributed by atoms with Crippen molar-refractivity contribution in [2.45, 2.75) is 46.1 Å². The molecule has 0 saturated heterocycles. The summed E-state index contributed by atoms with van der Waals surface area (Å²) in [6.45, 7) is 10.8. The average Bonchev–Trinajstić information content (AvgIpc) is 2.03. The van der Waals surface area contributed by atoms with Crippen LogP contribution in [0, 0.1) is 5.92 Å². The van der Waals surface area contributed by atoms with Crippen LogP contribution >= 0.6 is 0 Å². The highest BCUT2D eigenvalue weighted by Gasteiger charge is 2.14. The molecule has 0 aliphatic carbocycles. The topological polar surface area (TPSA) is 21.3 Å². The highest BCUT2D eigenvalue weighted by atomic mass is 16.5. The maximum atomic E-state index is 5.30. The minimum absolute atomic E-state index is 0.0299. The molecule has 0 aromatic rings. The van der Waals surface area contributed by atoms with Crippen molar-refractivity contribution >= 4 is 0 Å². The molecular weight excluding hydrogens is 162 g/mol. The van der Waals surface area contributed by atoms with Crippen molar-refractivity contribution < 1.29 is 4.74 Å². The molecule has 80 valence electrons. The summed E-state index contributed by atoms with van der Waals surface area (Å²) < 4.78 is 5.30. The molecule has 13 heavy (non-hydrogen) atoms. The molecule has 0 bridgehead atoms. The molecule has 0 aliphatic rings. The first-order valence-electron chi connectivity index (χ1n) is 5.24. The third-order valence-electron chi connectivity index (χ3n) is 2.24. The third-order valence-corrected chi connectivity index (χ3v) is 2.24. The summed E-state index contributed by atoms with van der Waals surface area (Å²) in [7, 11) is 1.76. The number of rotatable bonds is 7. The molecule has 0 heterocycles. The zero-order valence-corrected chi connectivity index (χ0v) is 9.81. The van der Waals surface area contributed by atoms with E-state index in [4.69, 9.17) is 4.74 Å². The molecule has 0 aliphatic heterocycles. The number of methoxy groups -OCH3 is 1. The van der Waals surface area contributed by atoms with Gasteiger partial charge in [0.2, 0.25) is 0 Å². The number of hydrogen-bond acceptors (Lipinski definition) is 2. The minimum atomic E-state index is -0.0299. The molecule has 2 nitrogen and oxygen atoms in total. The monoisotopic (exact) mass is 187 g/mol. The first-order chi connectivity index (χ1) is 5.98. The van der Waals surface area contributed by atoms with E-state index in [1.165, 1.54) is 12.8 Å². The summed E-state index contributed by atoms with van der Waals surface area (Å²) in [4.78, 5) is 0. The van der Waals surface area contributed by atoms with Crippen LogP contribution in [0.5, 0.6) is 0 Å². The smallest absolute Gasteiger partial charge is 0.0746 e. The Morgan fingerprint density at radius 2 is 1.92 bits per heavy atom. The van der Waals surface area contributed by atoms with Gasteiger partial charge in [0.1, 0.15) is 0 Å². The second-order valence-electron chi connectivity index (χ2n) is 4.68. The lowest BCUT2D eigenvalue weighted by Gasteiger charge is -2.23. The Bertz CT molecular complexity index is 121. The van der Waals surface area contributed by atoms with Gasteiger partial charge in [0.15, 0.2) is 0 Å². The second kappa shape index (κ2) is 6.39. The molecule has 0 radical (unpaired) electrons. The lowest BCUT2D eigenvalue weighted by atomic mass is 10.1. The summed E-state index contributed by atoms with van der Waals surface area (Å²) >= 11 is 0. The fourth-order valence-corrected chi connectivity index (χ4v) is 1.10. The van der Waals surface area contributed by atoms with E-state index in [9.17, 15) is 0 Å². The van der Waals surface area contributed by atoms with Gasteiger partial charge in [-0.15, -0.1) is 0 Å². The first kappa shape index (κ1) is 12.9. The van der Waals surface area contributed by atoms with Crippen molar-refractivity contribution in [1.82, 2.24) is 5.32 Å². The Kier molecular flexibility index (Phi) is 6.35. The van der Waals surface area contributed by atoms with Gasteiger partial charge < -0.3 is 10.1 Å². The van der Waals surface area contributed by atoms with Crippen LogP contribution < -0.4 is 5.32 Å². The van der Waals surface area contributed by atoms with Gasteiger partial charge >= 0.3 is 0 Å². The fourth-order valence-electron chi connectivity index (χ4n) is 1.10. The Morgan fingerprint density at radius 3 is 2.38 bits per heavy atom. The van der Waals surface area contributed by atoms with Gasteiger partial charge in [0, 0.05) is 13.7 Å². The van der Waals surface area contributed by atoms with E-state index in [0.717, 1.165) is 19.0 Å². The Labute approximate surface area is 83.1 Å². The van der Waals surface area contributed by atoms with Crippen molar-refractivity contribution in [3.8, 4) is 0 Å². The van der Waals surface area contributed by atoms with Gasteiger partial charge in [-0.2, -0.15) is 0 Å². The highest BCUT2D eigenvalue weighted by molar-refractivity contribution is 4.70. The zero-order chi connectivity index (χ0) is 10.3. The summed E-state index contributed by atoms with van der Waals surface area (Å²) in [5.74, 6) is 0.817. The molecule has 0 unspecified atom stereocenters.